The average molecular weight is 414 g/mol. The van der Waals surface area contributed by atoms with Crippen molar-refractivity contribution in [1.29, 1.82) is 0 Å². The number of nitro benzene ring substituents is 1. The smallest absolute Gasteiger partial charge is 0.269 e. The molecule has 0 aliphatic rings. The van der Waals surface area contributed by atoms with Crippen LogP contribution in [-0.2, 0) is 11.2 Å². The van der Waals surface area contributed by atoms with Gasteiger partial charge in [0.2, 0.25) is 5.91 Å². The number of amides is 1. The van der Waals surface area contributed by atoms with Crippen LogP contribution in [0.4, 0.5) is 5.69 Å². The number of halogens is 1. The number of rotatable bonds is 7. The van der Waals surface area contributed by atoms with Crippen LogP contribution in [-0.4, -0.2) is 27.8 Å². The number of oxazole rings is 1. The Morgan fingerprint density at radius 2 is 2.03 bits per heavy atom. The fourth-order valence-corrected chi connectivity index (χ4v) is 3.17. The number of benzene rings is 2. The first-order valence-corrected chi connectivity index (χ1v) is 9.44. The van der Waals surface area contributed by atoms with E-state index in [2.05, 4.69) is 4.98 Å². The number of hydrogen-bond acceptors (Lipinski definition) is 5. The van der Waals surface area contributed by atoms with E-state index in [9.17, 15) is 14.9 Å². The monoisotopic (exact) mass is 413 g/mol. The summed E-state index contributed by atoms with van der Waals surface area (Å²) in [6.45, 7) is 1.83. The minimum absolute atomic E-state index is 0.00193. The molecule has 0 bridgehead atoms. The summed E-state index contributed by atoms with van der Waals surface area (Å²) in [6.07, 6.45) is 2.14. The summed E-state index contributed by atoms with van der Waals surface area (Å²) >= 11 is 6.17. The van der Waals surface area contributed by atoms with E-state index in [1.54, 1.807) is 36.3 Å². The van der Waals surface area contributed by atoms with Gasteiger partial charge in [0, 0.05) is 37.6 Å². The Labute approximate surface area is 173 Å². The van der Waals surface area contributed by atoms with Gasteiger partial charge >= 0.3 is 0 Å². The second kappa shape index (κ2) is 8.87. The van der Waals surface area contributed by atoms with Crippen LogP contribution < -0.4 is 0 Å². The minimum Gasteiger partial charge on any atom is -0.441 e. The van der Waals surface area contributed by atoms with Crippen molar-refractivity contribution in [3.63, 3.8) is 0 Å². The lowest BCUT2D eigenvalue weighted by molar-refractivity contribution is -0.384. The highest BCUT2D eigenvalue weighted by Crippen LogP contribution is 2.28. The summed E-state index contributed by atoms with van der Waals surface area (Å²) in [5.41, 5.74) is 1.45. The van der Waals surface area contributed by atoms with E-state index in [1.165, 1.54) is 12.1 Å². The van der Waals surface area contributed by atoms with Crippen molar-refractivity contribution in [2.24, 2.45) is 0 Å². The van der Waals surface area contributed by atoms with E-state index in [4.69, 9.17) is 16.0 Å². The molecule has 0 unspecified atom stereocenters. The van der Waals surface area contributed by atoms with Gasteiger partial charge in [-0.25, -0.2) is 4.98 Å². The van der Waals surface area contributed by atoms with Crippen molar-refractivity contribution < 1.29 is 14.1 Å². The summed E-state index contributed by atoms with van der Waals surface area (Å²) in [6, 6.07) is 13.3. The van der Waals surface area contributed by atoms with Crippen molar-refractivity contribution >= 4 is 23.2 Å². The van der Waals surface area contributed by atoms with Crippen molar-refractivity contribution in [2.45, 2.75) is 25.8 Å². The van der Waals surface area contributed by atoms with Crippen LogP contribution in [0.15, 0.2) is 59.1 Å². The maximum Gasteiger partial charge on any atom is 0.269 e. The Hall–Kier alpha value is -3.19. The largest absolute Gasteiger partial charge is 0.441 e. The van der Waals surface area contributed by atoms with E-state index in [0.29, 0.717) is 28.7 Å². The molecule has 0 aliphatic heterocycles. The quantitative estimate of drug-likeness (QED) is 0.399. The molecular formula is C21H20ClN3O4. The molecule has 0 radical (unpaired) electrons. The highest BCUT2D eigenvalue weighted by atomic mass is 35.5. The molecular weight excluding hydrogens is 394 g/mol. The van der Waals surface area contributed by atoms with Gasteiger partial charge in [-0.1, -0.05) is 35.9 Å². The van der Waals surface area contributed by atoms with Gasteiger partial charge in [-0.15, -0.1) is 0 Å². The van der Waals surface area contributed by atoms with Crippen LogP contribution in [0, 0.1) is 10.1 Å². The van der Waals surface area contributed by atoms with Gasteiger partial charge in [0.1, 0.15) is 0 Å². The molecule has 1 amide bonds. The first-order valence-electron chi connectivity index (χ1n) is 9.06. The number of nitrogens with zero attached hydrogens (tertiary/aromatic N) is 3. The number of carbonyl (C=O) groups is 1. The van der Waals surface area contributed by atoms with Crippen LogP contribution in [0.2, 0.25) is 5.02 Å². The molecule has 7 nitrogen and oxygen atoms in total. The maximum absolute atomic E-state index is 12.6. The molecule has 0 aliphatic carbocycles. The zero-order valence-corrected chi connectivity index (χ0v) is 16.8. The normalized spacial score (nSPS) is 11.8. The molecule has 0 saturated carbocycles. The summed E-state index contributed by atoms with van der Waals surface area (Å²) in [5, 5.41) is 11.5. The SMILES string of the molecule is C[C@H](c1cccc([N+](=O)[O-])c1)N(C)C(=O)CCc1ncc(-c2ccccc2Cl)o1. The predicted octanol–water partition coefficient (Wildman–Crippen LogP) is 5.06. The summed E-state index contributed by atoms with van der Waals surface area (Å²) in [5.74, 6) is 0.891. The number of non-ortho nitro benzene ring substituents is 1. The number of nitro groups is 1. The first-order chi connectivity index (χ1) is 13.9. The van der Waals surface area contributed by atoms with E-state index in [1.807, 2.05) is 25.1 Å². The average Bonchev–Trinajstić information content (AvgIpc) is 3.20. The number of aromatic nitrogens is 1. The summed E-state index contributed by atoms with van der Waals surface area (Å²) < 4.78 is 5.73. The van der Waals surface area contributed by atoms with Gasteiger partial charge in [-0.2, -0.15) is 0 Å². The highest BCUT2D eigenvalue weighted by molar-refractivity contribution is 6.33. The number of hydrogen-bond donors (Lipinski definition) is 0. The van der Waals surface area contributed by atoms with Gasteiger partial charge in [0.15, 0.2) is 11.7 Å². The number of aryl methyl sites for hydroxylation is 1. The first kappa shape index (κ1) is 20.5. The Morgan fingerprint density at radius 3 is 2.76 bits per heavy atom. The predicted molar refractivity (Wildman–Crippen MR) is 110 cm³/mol. The van der Waals surface area contributed by atoms with E-state index >= 15 is 0 Å². The van der Waals surface area contributed by atoms with Gasteiger partial charge in [0.05, 0.1) is 22.2 Å². The lowest BCUT2D eigenvalue weighted by Crippen LogP contribution is -2.29. The topological polar surface area (TPSA) is 89.5 Å². The van der Waals surface area contributed by atoms with E-state index in [0.717, 1.165) is 5.56 Å². The van der Waals surface area contributed by atoms with E-state index < -0.39 is 4.92 Å². The van der Waals surface area contributed by atoms with Gasteiger partial charge in [-0.3, -0.25) is 14.9 Å². The van der Waals surface area contributed by atoms with Crippen molar-refractivity contribution in [3.05, 3.63) is 81.3 Å². The second-order valence-electron chi connectivity index (χ2n) is 6.63. The van der Waals surface area contributed by atoms with Gasteiger partial charge in [-0.05, 0) is 24.6 Å². The zero-order chi connectivity index (χ0) is 21.0. The lowest BCUT2D eigenvalue weighted by Gasteiger charge is -2.25. The van der Waals surface area contributed by atoms with Crippen LogP contribution in [0.5, 0.6) is 0 Å². The molecule has 1 heterocycles. The summed E-state index contributed by atoms with van der Waals surface area (Å²) in [4.78, 5) is 28.9. The van der Waals surface area contributed by atoms with Crippen LogP contribution in [0.25, 0.3) is 11.3 Å². The van der Waals surface area contributed by atoms with Crippen LogP contribution in [0.3, 0.4) is 0 Å². The Balaban J connectivity index is 1.63. The fraction of sp³-hybridized carbons (Fsp3) is 0.238. The molecule has 0 saturated heterocycles. The molecule has 150 valence electrons. The molecule has 3 rings (SSSR count). The summed E-state index contributed by atoms with van der Waals surface area (Å²) in [7, 11) is 1.68. The van der Waals surface area contributed by atoms with Gasteiger partial charge in [0.25, 0.3) is 5.69 Å². The van der Waals surface area contributed by atoms with Crippen LogP contribution in [0.1, 0.15) is 30.8 Å². The van der Waals surface area contributed by atoms with E-state index in [-0.39, 0.29) is 24.1 Å². The molecule has 8 heteroatoms. The van der Waals surface area contributed by atoms with Crippen LogP contribution >= 0.6 is 11.6 Å². The van der Waals surface area contributed by atoms with Crippen molar-refractivity contribution in [1.82, 2.24) is 9.88 Å². The third kappa shape index (κ3) is 4.81. The molecule has 1 atom stereocenters. The molecule has 2 aromatic carbocycles. The zero-order valence-electron chi connectivity index (χ0n) is 16.0. The minimum atomic E-state index is -0.447. The molecule has 0 N–H and O–H groups in total. The Bertz CT molecular complexity index is 1030. The molecule has 1 aromatic heterocycles. The highest BCUT2D eigenvalue weighted by Gasteiger charge is 2.20. The third-order valence-electron chi connectivity index (χ3n) is 4.78. The molecule has 29 heavy (non-hydrogen) atoms. The molecule has 0 fully saturated rings. The third-order valence-corrected chi connectivity index (χ3v) is 5.11. The molecule has 3 aromatic rings. The van der Waals surface area contributed by atoms with Gasteiger partial charge < -0.3 is 9.32 Å². The number of carbonyl (C=O) groups excluding carboxylic acids is 1. The Morgan fingerprint density at radius 1 is 1.28 bits per heavy atom. The van der Waals surface area contributed by atoms with Crippen molar-refractivity contribution in [2.75, 3.05) is 7.05 Å². The fourth-order valence-electron chi connectivity index (χ4n) is 2.94. The lowest BCUT2D eigenvalue weighted by atomic mass is 10.1. The molecule has 0 spiro atoms. The Kier molecular flexibility index (Phi) is 6.29. The maximum atomic E-state index is 12.6. The van der Waals surface area contributed by atoms with Crippen molar-refractivity contribution in [3.8, 4) is 11.3 Å². The second-order valence-corrected chi connectivity index (χ2v) is 7.04. The standard InChI is InChI=1S/C21H20ClN3O4/c1-14(15-6-5-7-16(12-15)25(27)28)24(2)21(26)11-10-20-23-13-19(29-20)17-8-3-4-9-18(17)22/h3-9,12-14H,10-11H2,1-2H3/t14-/m1/s1.